The summed E-state index contributed by atoms with van der Waals surface area (Å²) >= 11 is 5.92. The van der Waals surface area contributed by atoms with E-state index in [1.54, 1.807) is 13.8 Å². The summed E-state index contributed by atoms with van der Waals surface area (Å²) in [5, 5.41) is 11.0. The highest BCUT2D eigenvalue weighted by atomic mass is 35.5. The van der Waals surface area contributed by atoms with Crippen molar-refractivity contribution >= 4 is 35.2 Å². The largest absolute Gasteiger partial charge is 0.478 e. The van der Waals surface area contributed by atoms with Gasteiger partial charge >= 0.3 is 29.8 Å². The highest BCUT2D eigenvalue weighted by Gasteiger charge is 2.35. The quantitative estimate of drug-likeness (QED) is 0.175. The molecule has 0 radical (unpaired) electrons. The van der Waals surface area contributed by atoms with E-state index in [0.717, 1.165) is 13.1 Å². The molecule has 1 heterocycles. The van der Waals surface area contributed by atoms with Crippen molar-refractivity contribution in [2.45, 2.75) is 33.4 Å². The van der Waals surface area contributed by atoms with Crippen molar-refractivity contribution in [3.63, 3.8) is 0 Å². The summed E-state index contributed by atoms with van der Waals surface area (Å²) in [6.45, 7) is 7.98. The molecule has 0 saturated heterocycles. The molecule has 0 spiro atoms. The molecule has 2 aromatic rings. The van der Waals surface area contributed by atoms with Crippen LogP contribution in [0.4, 0.5) is 23.2 Å². The smallest absolute Gasteiger partial charge is 0.431 e. The number of nitrogens with one attached hydrogen (secondary N) is 1. The van der Waals surface area contributed by atoms with Gasteiger partial charge in [-0.05, 0) is 32.9 Å². The molecule has 2 rings (SSSR count). The first-order valence-electron chi connectivity index (χ1n) is 11.9. The average Bonchev–Trinajstić information content (AvgIpc) is 2.88. The van der Waals surface area contributed by atoms with E-state index in [0.29, 0.717) is 18.2 Å². The molecule has 0 saturated carbocycles. The van der Waals surface area contributed by atoms with Crippen molar-refractivity contribution in [2.75, 3.05) is 25.1 Å². The Hall–Kier alpha value is -4.40. The molecular weight excluding hydrogens is 594 g/mol. The second-order valence-electron chi connectivity index (χ2n) is 8.38. The van der Waals surface area contributed by atoms with Crippen molar-refractivity contribution in [3.05, 3.63) is 79.4 Å². The van der Waals surface area contributed by atoms with Crippen LogP contribution in [-0.2, 0) is 37.1 Å². The fourth-order valence-electron chi connectivity index (χ4n) is 2.97. The molecule has 0 atom stereocenters. The van der Waals surface area contributed by atoms with Gasteiger partial charge in [-0.15, -0.1) is 0 Å². The fraction of sp³-hybridized carbons (Fsp3) is 0.346. The van der Waals surface area contributed by atoms with Crippen LogP contribution in [-0.4, -0.2) is 51.9 Å². The van der Waals surface area contributed by atoms with Gasteiger partial charge in [0.1, 0.15) is 18.1 Å². The maximum atomic E-state index is 14.5. The molecule has 0 fully saturated rings. The zero-order valence-electron chi connectivity index (χ0n) is 22.9. The number of rotatable bonds is 10. The van der Waals surface area contributed by atoms with Crippen molar-refractivity contribution in [1.82, 2.24) is 9.13 Å². The van der Waals surface area contributed by atoms with E-state index in [9.17, 15) is 41.5 Å². The molecule has 42 heavy (non-hydrogen) atoms. The monoisotopic (exact) mass is 621 g/mol. The van der Waals surface area contributed by atoms with Crippen LogP contribution in [0.25, 0.3) is 5.69 Å². The normalized spacial score (nSPS) is 11.2. The number of esters is 2. The van der Waals surface area contributed by atoms with E-state index < -0.39 is 53.1 Å². The second kappa shape index (κ2) is 15.6. The van der Waals surface area contributed by atoms with Gasteiger partial charge in [0, 0.05) is 30.7 Å². The number of alkyl halides is 3. The first kappa shape index (κ1) is 35.6. The Kier molecular flexibility index (Phi) is 13.2. The number of carbonyl (C=O) groups excluding carboxylic acids is 2. The zero-order chi connectivity index (χ0) is 32.4. The van der Waals surface area contributed by atoms with Crippen LogP contribution in [0, 0.1) is 5.82 Å². The Balaban J connectivity index is 0.000000962. The maximum absolute atomic E-state index is 14.5. The van der Waals surface area contributed by atoms with E-state index in [1.165, 1.54) is 13.0 Å². The van der Waals surface area contributed by atoms with Gasteiger partial charge in [-0.3, -0.25) is 14.2 Å². The summed E-state index contributed by atoms with van der Waals surface area (Å²) in [5.74, 6) is -3.38. The van der Waals surface area contributed by atoms with Gasteiger partial charge in [0.05, 0.1) is 29.6 Å². The van der Waals surface area contributed by atoms with Gasteiger partial charge in [-0.2, -0.15) is 13.2 Å². The Bertz CT molecular complexity index is 1500. The zero-order valence-corrected chi connectivity index (χ0v) is 23.7. The number of hydrogen-bond donors (Lipinski definition) is 2. The summed E-state index contributed by atoms with van der Waals surface area (Å²) in [6, 6.07) is 1.76. The molecule has 1 aromatic heterocycles. The van der Waals surface area contributed by atoms with Crippen LogP contribution in [0.15, 0.2) is 51.6 Å². The van der Waals surface area contributed by atoms with Gasteiger partial charge < -0.3 is 19.9 Å². The van der Waals surface area contributed by atoms with Crippen molar-refractivity contribution in [1.29, 1.82) is 0 Å². The van der Waals surface area contributed by atoms with Gasteiger partial charge in [0.25, 0.3) is 5.56 Å². The lowest BCUT2D eigenvalue weighted by atomic mass is 10.2. The van der Waals surface area contributed by atoms with Crippen molar-refractivity contribution in [2.24, 2.45) is 7.05 Å². The highest BCUT2D eigenvalue weighted by molar-refractivity contribution is 6.33. The summed E-state index contributed by atoms with van der Waals surface area (Å²) in [7, 11) is 0.775. The van der Waals surface area contributed by atoms with E-state index in [1.807, 2.05) is 0 Å². The molecule has 16 heteroatoms. The van der Waals surface area contributed by atoms with E-state index in [4.69, 9.17) is 21.4 Å². The van der Waals surface area contributed by atoms with E-state index >= 15 is 0 Å². The summed E-state index contributed by atoms with van der Waals surface area (Å²) in [5.41, 5.74) is -4.65. The number of carbonyl (C=O) groups is 3. The molecule has 2 N–H and O–H groups in total. The number of carboxylic acids is 1. The number of aliphatic carboxylic acids is 1. The van der Waals surface area contributed by atoms with Crippen LogP contribution in [0.2, 0.25) is 5.02 Å². The van der Waals surface area contributed by atoms with Crippen LogP contribution in [0.3, 0.4) is 0 Å². The Labute approximate surface area is 241 Å². The maximum Gasteiger partial charge on any atom is 0.431 e. The minimum absolute atomic E-state index is 0.0736. The summed E-state index contributed by atoms with van der Waals surface area (Å²) < 4.78 is 63.4. The number of nitrogens with zero attached hydrogens (tertiary/aromatic N) is 2. The molecule has 1 aromatic carbocycles. The lowest BCUT2D eigenvalue weighted by molar-refractivity contribution is -0.144. The standard InChI is InChI=1S/C20H18ClF4N3O6.C6H10O2/c1-10(18(31)32)4-3-5-34-17(30)9-26-13-7-14(12(22)6-11(13)21)28-16(29)8-15(20(23,24)25)27(2)19(28)33;1-4-8-6(7)5(2)3/h4,6-8,26H,3,5,9H2,1-2H3,(H,31,32);2,4H2,1,3H3. The number of halogens is 5. The molecule has 0 aliphatic rings. The SMILES string of the molecule is C=C(C)C(=O)OCC.CC(=CCCOC(=O)CNc1cc(-n2c(=O)cc(C(F)(F)F)n(C)c2=O)c(F)cc1Cl)C(=O)O. The Morgan fingerprint density at radius 1 is 1.14 bits per heavy atom. The van der Waals surface area contributed by atoms with Crippen LogP contribution in [0.1, 0.15) is 32.9 Å². The molecule has 0 unspecified atom stereocenters. The van der Waals surface area contributed by atoms with E-state index in [2.05, 4.69) is 16.6 Å². The number of hydrogen-bond acceptors (Lipinski definition) is 8. The third kappa shape index (κ3) is 10.2. The molecule has 11 nitrogen and oxygen atoms in total. The second-order valence-corrected chi connectivity index (χ2v) is 8.79. The number of anilines is 1. The van der Waals surface area contributed by atoms with E-state index in [-0.39, 0.29) is 50.5 Å². The van der Waals surface area contributed by atoms with Gasteiger partial charge in [0.2, 0.25) is 0 Å². The molecule has 0 bridgehead atoms. The Morgan fingerprint density at radius 2 is 1.76 bits per heavy atom. The van der Waals surface area contributed by atoms with Crippen LogP contribution in [0.5, 0.6) is 0 Å². The third-order valence-corrected chi connectivity index (χ3v) is 5.42. The molecule has 0 amide bonds. The number of benzene rings is 1. The lowest BCUT2D eigenvalue weighted by Gasteiger charge is -2.15. The fourth-order valence-corrected chi connectivity index (χ4v) is 3.19. The van der Waals surface area contributed by atoms with Gasteiger partial charge in [0.15, 0.2) is 0 Å². The first-order chi connectivity index (χ1) is 19.4. The van der Waals surface area contributed by atoms with Crippen LogP contribution < -0.4 is 16.6 Å². The summed E-state index contributed by atoms with van der Waals surface area (Å²) in [4.78, 5) is 57.6. The Morgan fingerprint density at radius 3 is 2.26 bits per heavy atom. The number of aromatic nitrogens is 2. The van der Waals surface area contributed by atoms with Gasteiger partial charge in [-0.25, -0.2) is 23.3 Å². The van der Waals surface area contributed by atoms with Crippen LogP contribution >= 0.6 is 11.6 Å². The molecule has 0 aliphatic carbocycles. The lowest BCUT2D eigenvalue weighted by Crippen LogP contribution is -2.41. The topological polar surface area (TPSA) is 146 Å². The molecule has 230 valence electrons. The minimum atomic E-state index is -4.99. The van der Waals surface area contributed by atoms with Crippen molar-refractivity contribution < 1.29 is 46.5 Å². The molecular formula is C26H28ClF4N3O8. The predicted octanol–water partition coefficient (Wildman–Crippen LogP) is 3.85. The number of carboxylic acid groups (broad SMARTS) is 1. The van der Waals surface area contributed by atoms with Gasteiger partial charge in [-0.1, -0.05) is 24.3 Å². The highest BCUT2D eigenvalue weighted by Crippen LogP contribution is 2.29. The summed E-state index contributed by atoms with van der Waals surface area (Å²) in [6.07, 6.45) is -3.49. The average molecular weight is 622 g/mol. The minimum Gasteiger partial charge on any atom is -0.478 e. The third-order valence-electron chi connectivity index (χ3n) is 5.10. The molecule has 0 aliphatic heterocycles. The van der Waals surface area contributed by atoms with Crippen molar-refractivity contribution in [3.8, 4) is 5.69 Å². The number of ether oxygens (including phenoxy) is 2. The predicted molar refractivity (Wildman–Crippen MR) is 144 cm³/mol. The first-order valence-corrected chi connectivity index (χ1v) is 12.3.